The van der Waals surface area contributed by atoms with E-state index >= 15 is 0 Å². The second kappa shape index (κ2) is 11.9. The average Bonchev–Trinajstić information content (AvgIpc) is 2.96. The molecule has 0 aromatic heterocycles. The summed E-state index contributed by atoms with van der Waals surface area (Å²) in [4.78, 5) is 22.6. The minimum Gasteiger partial charge on any atom is -0.357 e. The van der Waals surface area contributed by atoms with Crippen molar-refractivity contribution in [1.29, 1.82) is 0 Å². The van der Waals surface area contributed by atoms with E-state index in [2.05, 4.69) is 40.9 Å². The van der Waals surface area contributed by atoms with Crippen LogP contribution >= 0.6 is 24.0 Å². The maximum Gasteiger partial charge on any atom is 0.243 e. The Labute approximate surface area is 158 Å². The van der Waals surface area contributed by atoms with Crippen molar-refractivity contribution in [1.82, 2.24) is 20.0 Å². The number of nitrogens with one attached hydrogen (secondary N) is 1. The maximum atomic E-state index is 11.7. The Balaban J connectivity index is 0.00000484. The smallest absolute Gasteiger partial charge is 0.243 e. The normalized spacial score (nSPS) is 18.1. The Morgan fingerprint density at radius 3 is 2.43 bits per heavy atom. The Bertz CT molecular complexity index is 371. The molecule has 7 heteroatoms. The second-order valence-corrected chi connectivity index (χ2v) is 6.04. The van der Waals surface area contributed by atoms with Gasteiger partial charge in [-0.05, 0) is 32.4 Å². The summed E-state index contributed by atoms with van der Waals surface area (Å²) in [5, 5.41) is 3.31. The van der Waals surface area contributed by atoms with Crippen LogP contribution in [-0.2, 0) is 4.79 Å². The number of hydrogen-bond donors (Lipinski definition) is 1. The molecule has 1 heterocycles. The summed E-state index contributed by atoms with van der Waals surface area (Å²) in [6.45, 7) is 13.0. The predicted molar refractivity (Wildman–Crippen MR) is 108 cm³/mol. The standard InChI is InChI=1S/C16H33N5O.HI/c1-6-17-16(18-11-15(22)19(4)5)21-10-9-14(13-21)12-20(7-2)8-3;/h14H,6-13H2,1-5H3,(H,17,18);1H. The first-order valence-electron chi connectivity index (χ1n) is 8.47. The van der Waals surface area contributed by atoms with Crippen LogP contribution in [0.4, 0.5) is 0 Å². The minimum absolute atomic E-state index is 0. The summed E-state index contributed by atoms with van der Waals surface area (Å²) in [5.41, 5.74) is 0. The third kappa shape index (κ3) is 7.69. The lowest BCUT2D eigenvalue weighted by Crippen LogP contribution is -2.41. The molecule has 0 spiro atoms. The first kappa shape index (κ1) is 22.4. The van der Waals surface area contributed by atoms with Gasteiger partial charge in [0.05, 0.1) is 0 Å². The number of nitrogens with zero attached hydrogens (tertiary/aromatic N) is 4. The van der Waals surface area contributed by atoms with E-state index in [0.717, 1.165) is 45.2 Å². The van der Waals surface area contributed by atoms with Gasteiger partial charge < -0.3 is 20.0 Å². The van der Waals surface area contributed by atoms with Gasteiger partial charge in [0.15, 0.2) is 5.96 Å². The molecule has 0 aromatic carbocycles. The fourth-order valence-corrected chi connectivity index (χ4v) is 2.73. The maximum absolute atomic E-state index is 11.7. The Hall–Kier alpha value is -0.570. The van der Waals surface area contributed by atoms with Crippen LogP contribution in [0.15, 0.2) is 4.99 Å². The molecular weight excluding hydrogens is 405 g/mol. The Morgan fingerprint density at radius 2 is 1.91 bits per heavy atom. The lowest BCUT2D eigenvalue weighted by Gasteiger charge is -2.24. The zero-order valence-electron chi connectivity index (χ0n) is 15.3. The molecule has 1 atom stereocenters. The van der Waals surface area contributed by atoms with Gasteiger partial charge in [0.2, 0.25) is 5.91 Å². The molecule has 6 nitrogen and oxygen atoms in total. The molecule has 23 heavy (non-hydrogen) atoms. The number of carbonyl (C=O) groups is 1. The van der Waals surface area contributed by atoms with Gasteiger partial charge in [0.1, 0.15) is 6.54 Å². The van der Waals surface area contributed by atoms with Crippen LogP contribution in [0.1, 0.15) is 27.2 Å². The highest BCUT2D eigenvalue weighted by atomic mass is 127. The summed E-state index contributed by atoms with van der Waals surface area (Å²) in [6, 6.07) is 0. The number of carbonyl (C=O) groups excluding carboxylic acids is 1. The van der Waals surface area contributed by atoms with Crippen molar-refractivity contribution in [3.05, 3.63) is 0 Å². The summed E-state index contributed by atoms with van der Waals surface area (Å²) >= 11 is 0. The summed E-state index contributed by atoms with van der Waals surface area (Å²) in [7, 11) is 3.53. The number of guanidine groups is 1. The third-order valence-corrected chi connectivity index (χ3v) is 4.19. The molecule has 136 valence electrons. The molecule has 0 saturated carbocycles. The topological polar surface area (TPSA) is 51.2 Å². The predicted octanol–water partition coefficient (Wildman–Crippen LogP) is 1.32. The van der Waals surface area contributed by atoms with Gasteiger partial charge >= 0.3 is 0 Å². The Morgan fingerprint density at radius 1 is 1.26 bits per heavy atom. The molecule has 1 unspecified atom stereocenters. The van der Waals surface area contributed by atoms with Crippen molar-refractivity contribution in [2.45, 2.75) is 27.2 Å². The number of aliphatic imine (C=N–C) groups is 1. The summed E-state index contributed by atoms with van der Waals surface area (Å²) < 4.78 is 0. The largest absolute Gasteiger partial charge is 0.357 e. The zero-order chi connectivity index (χ0) is 16.5. The fraction of sp³-hybridized carbons (Fsp3) is 0.875. The van der Waals surface area contributed by atoms with E-state index in [4.69, 9.17) is 0 Å². The van der Waals surface area contributed by atoms with Crippen LogP contribution < -0.4 is 5.32 Å². The van der Waals surface area contributed by atoms with Crippen molar-refractivity contribution in [2.24, 2.45) is 10.9 Å². The highest BCUT2D eigenvalue weighted by Crippen LogP contribution is 2.17. The lowest BCUT2D eigenvalue weighted by molar-refractivity contribution is -0.127. The van der Waals surface area contributed by atoms with Gasteiger partial charge in [-0.15, -0.1) is 24.0 Å². The van der Waals surface area contributed by atoms with Crippen molar-refractivity contribution in [2.75, 3.05) is 59.9 Å². The van der Waals surface area contributed by atoms with Gasteiger partial charge in [0, 0.05) is 40.3 Å². The first-order chi connectivity index (χ1) is 10.5. The van der Waals surface area contributed by atoms with E-state index in [0.29, 0.717) is 5.92 Å². The van der Waals surface area contributed by atoms with Crippen LogP contribution in [-0.4, -0.2) is 86.5 Å². The molecule has 1 saturated heterocycles. The summed E-state index contributed by atoms with van der Waals surface area (Å²) in [5.74, 6) is 1.60. The number of likely N-dealkylation sites (N-methyl/N-ethyl adjacent to an activating group) is 1. The molecule has 0 aliphatic carbocycles. The molecular formula is C16H34IN5O. The SMILES string of the molecule is CCNC(=NCC(=O)N(C)C)N1CCC(CN(CC)CC)C1.I. The van der Waals surface area contributed by atoms with Gasteiger partial charge in [0.25, 0.3) is 0 Å². The Kier molecular flexibility index (Phi) is 11.6. The number of halogens is 1. The number of rotatable bonds is 7. The molecule has 0 bridgehead atoms. The molecule has 1 amide bonds. The van der Waals surface area contributed by atoms with Crippen molar-refractivity contribution < 1.29 is 4.79 Å². The second-order valence-electron chi connectivity index (χ2n) is 6.04. The highest BCUT2D eigenvalue weighted by molar-refractivity contribution is 14.0. The van der Waals surface area contributed by atoms with Crippen LogP contribution in [0.5, 0.6) is 0 Å². The number of hydrogen-bond acceptors (Lipinski definition) is 3. The van der Waals surface area contributed by atoms with E-state index in [1.165, 1.54) is 6.42 Å². The van der Waals surface area contributed by atoms with Gasteiger partial charge in [-0.3, -0.25) is 4.79 Å². The molecule has 1 rings (SSSR count). The fourth-order valence-electron chi connectivity index (χ4n) is 2.73. The molecule has 0 aromatic rings. The highest BCUT2D eigenvalue weighted by Gasteiger charge is 2.26. The zero-order valence-corrected chi connectivity index (χ0v) is 17.7. The van der Waals surface area contributed by atoms with E-state index in [-0.39, 0.29) is 36.4 Å². The number of amides is 1. The quantitative estimate of drug-likeness (QED) is 0.370. The van der Waals surface area contributed by atoms with E-state index in [1.54, 1.807) is 19.0 Å². The lowest BCUT2D eigenvalue weighted by atomic mass is 10.1. The van der Waals surface area contributed by atoms with Crippen LogP contribution in [0.25, 0.3) is 0 Å². The van der Waals surface area contributed by atoms with Crippen molar-refractivity contribution in [3.63, 3.8) is 0 Å². The average molecular weight is 439 g/mol. The van der Waals surface area contributed by atoms with E-state index in [9.17, 15) is 4.79 Å². The molecule has 1 aliphatic heterocycles. The van der Waals surface area contributed by atoms with Crippen molar-refractivity contribution in [3.8, 4) is 0 Å². The van der Waals surface area contributed by atoms with Crippen LogP contribution in [0.3, 0.4) is 0 Å². The number of likely N-dealkylation sites (tertiary alicyclic amines) is 1. The van der Waals surface area contributed by atoms with Crippen LogP contribution in [0.2, 0.25) is 0 Å². The summed E-state index contributed by atoms with van der Waals surface area (Å²) in [6.07, 6.45) is 1.20. The van der Waals surface area contributed by atoms with Gasteiger partial charge in [-0.25, -0.2) is 4.99 Å². The van der Waals surface area contributed by atoms with E-state index < -0.39 is 0 Å². The molecule has 1 aliphatic rings. The monoisotopic (exact) mass is 439 g/mol. The molecule has 1 fully saturated rings. The molecule has 0 radical (unpaired) electrons. The van der Waals surface area contributed by atoms with E-state index in [1.807, 2.05) is 0 Å². The third-order valence-electron chi connectivity index (χ3n) is 4.19. The molecule has 1 N–H and O–H groups in total. The van der Waals surface area contributed by atoms with Gasteiger partial charge in [-0.1, -0.05) is 13.8 Å². The van der Waals surface area contributed by atoms with Crippen molar-refractivity contribution >= 4 is 35.8 Å². The first-order valence-corrected chi connectivity index (χ1v) is 8.47. The minimum atomic E-state index is 0. The van der Waals surface area contributed by atoms with Crippen LogP contribution in [0, 0.1) is 5.92 Å². The van der Waals surface area contributed by atoms with Gasteiger partial charge in [-0.2, -0.15) is 0 Å².